The number of carboxylic acids is 1. The Morgan fingerprint density at radius 1 is 1.03 bits per heavy atom. The molecule has 1 heterocycles. The van der Waals surface area contributed by atoms with Crippen LogP contribution in [0, 0.1) is 17.8 Å². The highest BCUT2D eigenvalue weighted by atomic mass is 16.5. The van der Waals surface area contributed by atoms with Gasteiger partial charge in [-0.25, -0.2) is 9.78 Å². The molecule has 0 saturated heterocycles. The zero-order chi connectivity index (χ0) is 20.3. The van der Waals surface area contributed by atoms with E-state index in [1.807, 2.05) is 0 Å². The van der Waals surface area contributed by atoms with Gasteiger partial charge in [-0.15, -0.1) is 0 Å². The lowest BCUT2D eigenvalue weighted by atomic mass is 9.48. The van der Waals surface area contributed by atoms with Gasteiger partial charge in [0.2, 0.25) is 5.89 Å². The second-order valence-electron chi connectivity index (χ2n) is 9.61. The van der Waals surface area contributed by atoms with E-state index in [1.54, 1.807) is 6.07 Å². The van der Waals surface area contributed by atoms with E-state index in [0.717, 1.165) is 23.5 Å². The molecule has 0 amide bonds. The molecule has 1 aromatic heterocycles. The van der Waals surface area contributed by atoms with E-state index in [0.29, 0.717) is 22.4 Å². The van der Waals surface area contributed by atoms with Crippen LogP contribution in [0.2, 0.25) is 0 Å². The summed E-state index contributed by atoms with van der Waals surface area (Å²) < 4.78 is 11.6. The molecule has 5 heteroatoms. The van der Waals surface area contributed by atoms with Crippen LogP contribution in [0.5, 0.6) is 5.75 Å². The largest absolute Gasteiger partial charge is 0.484 e. The minimum Gasteiger partial charge on any atom is -0.484 e. The summed E-state index contributed by atoms with van der Waals surface area (Å²) in [7, 11) is 0. The highest BCUT2D eigenvalue weighted by molar-refractivity contribution is 5.91. The monoisotopic (exact) mass is 403 g/mol. The molecule has 0 radical (unpaired) electrons. The fourth-order valence-corrected chi connectivity index (χ4v) is 6.68. The molecule has 30 heavy (non-hydrogen) atoms. The molecule has 5 nitrogen and oxygen atoms in total. The van der Waals surface area contributed by atoms with Crippen molar-refractivity contribution in [2.75, 3.05) is 0 Å². The van der Waals surface area contributed by atoms with Crippen molar-refractivity contribution in [1.29, 1.82) is 0 Å². The van der Waals surface area contributed by atoms with Crippen LogP contribution in [0.4, 0.5) is 0 Å². The van der Waals surface area contributed by atoms with Gasteiger partial charge in [-0.2, -0.15) is 0 Å². The van der Waals surface area contributed by atoms with Crippen molar-refractivity contribution in [3.8, 4) is 5.75 Å². The maximum Gasteiger partial charge on any atom is 0.335 e. The van der Waals surface area contributed by atoms with Gasteiger partial charge in [0.1, 0.15) is 11.3 Å². The zero-order valence-corrected chi connectivity index (χ0v) is 16.8. The van der Waals surface area contributed by atoms with Gasteiger partial charge in [-0.1, -0.05) is 12.1 Å². The number of carboxylic acid groups (broad SMARTS) is 1. The Hall–Kier alpha value is -2.82. The Balaban J connectivity index is 1.16. The summed E-state index contributed by atoms with van der Waals surface area (Å²) in [6, 6.07) is 13.3. The number of carbonyl (C=O) groups is 1. The average Bonchev–Trinajstić information content (AvgIpc) is 3.14. The van der Waals surface area contributed by atoms with Crippen molar-refractivity contribution in [1.82, 2.24) is 4.98 Å². The normalized spacial score (nSPS) is 29.4. The smallest absolute Gasteiger partial charge is 0.335 e. The molecule has 4 fully saturated rings. The number of fused-ring (bicyclic) bond motifs is 1. The van der Waals surface area contributed by atoms with Crippen LogP contribution in [0.15, 0.2) is 46.9 Å². The van der Waals surface area contributed by atoms with Crippen molar-refractivity contribution >= 4 is 17.1 Å². The van der Waals surface area contributed by atoms with Crippen LogP contribution >= 0.6 is 0 Å². The molecule has 0 spiro atoms. The molecule has 154 valence electrons. The lowest BCUT2D eigenvalue weighted by Crippen LogP contribution is -2.48. The molecular formula is C25H25NO4. The predicted molar refractivity (Wildman–Crippen MR) is 112 cm³/mol. The maximum atomic E-state index is 11.1. The number of benzene rings is 2. The Kier molecular flexibility index (Phi) is 3.95. The van der Waals surface area contributed by atoms with Gasteiger partial charge in [0.05, 0.1) is 5.56 Å². The lowest BCUT2D eigenvalue weighted by Gasteiger charge is -2.57. The Labute approximate surface area is 175 Å². The van der Waals surface area contributed by atoms with E-state index < -0.39 is 5.97 Å². The second kappa shape index (κ2) is 6.59. The predicted octanol–water partition coefficient (Wildman–Crippen LogP) is 5.57. The molecule has 4 bridgehead atoms. The van der Waals surface area contributed by atoms with Crippen molar-refractivity contribution in [2.24, 2.45) is 17.8 Å². The van der Waals surface area contributed by atoms with E-state index in [1.165, 1.54) is 56.2 Å². The van der Waals surface area contributed by atoms with Gasteiger partial charge in [0, 0.05) is 0 Å². The Morgan fingerprint density at radius 2 is 1.70 bits per heavy atom. The molecule has 4 aliphatic carbocycles. The van der Waals surface area contributed by atoms with Crippen LogP contribution in [0.25, 0.3) is 11.1 Å². The van der Waals surface area contributed by atoms with Gasteiger partial charge in [-0.3, -0.25) is 0 Å². The Bertz CT molecular complexity index is 1080. The second-order valence-corrected chi connectivity index (χ2v) is 9.61. The number of aromatic nitrogens is 1. The number of hydrogen-bond donors (Lipinski definition) is 1. The number of nitrogens with zero attached hydrogens (tertiary/aromatic N) is 1. The zero-order valence-electron chi connectivity index (χ0n) is 16.8. The van der Waals surface area contributed by atoms with Gasteiger partial charge in [0.15, 0.2) is 12.2 Å². The SMILES string of the molecule is O=C(O)c1ccc2nc(COc3ccc(C45CC6CC(CC(C6)C4)C5)cc3)oc2c1. The maximum absolute atomic E-state index is 11.1. The molecule has 4 aliphatic rings. The third-order valence-electron chi connectivity index (χ3n) is 7.55. The molecule has 4 saturated carbocycles. The Morgan fingerprint density at radius 3 is 2.33 bits per heavy atom. The third kappa shape index (κ3) is 2.99. The minimum absolute atomic E-state index is 0.186. The highest BCUT2D eigenvalue weighted by Gasteiger charge is 2.51. The van der Waals surface area contributed by atoms with Crippen molar-refractivity contribution in [3.63, 3.8) is 0 Å². The van der Waals surface area contributed by atoms with Gasteiger partial charge in [-0.05, 0) is 97.6 Å². The fourth-order valence-electron chi connectivity index (χ4n) is 6.68. The number of rotatable bonds is 5. The topological polar surface area (TPSA) is 72.6 Å². The molecule has 0 aliphatic heterocycles. The quantitative estimate of drug-likeness (QED) is 0.603. The molecular weight excluding hydrogens is 378 g/mol. The lowest BCUT2D eigenvalue weighted by molar-refractivity contribution is -0.00521. The first-order valence-electron chi connectivity index (χ1n) is 10.9. The summed E-state index contributed by atoms with van der Waals surface area (Å²) in [4.78, 5) is 15.5. The van der Waals surface area contributed by atoms with E-state index in [-0.39, 0.29) is 12.2 Å². The van der Waals surface area contributed by atoms with Gasteiger partial charge < -0.3 is 14.3 Å². The molecule has 3 aromatic rings. The van der Waals surface area contributed by atoms with E-state index in [9.17, 15) is 4.79 Å². The molecule has 0 atom stereocenters. The third-order valence-corrected chi connectivity index (χ3v) is 7.55. The first kappa shape index (κ1) is 18.0. The van der Waals surface area contributed by atoms with Crippen LogP contribution in [-0.4, -0.2) is 16.1 Å². The van der Waals surface area contributed by atoms with Crippen molar-refractivity contribution < 1.29 is 19.1 Å². The number of hydrogen-bond acceptors (Lipinski definition) is 4. The highest BCUT2D eigenvalue weighted by Crippen LogP contribution is 2.60. The number of ether oxygens (including phenoxy) is 1. The summed E-state index contributed by atoms with van der Waals surface area (Å²) >= 11 is 0. The van der Waals surface area contributed by atoms with E-state index in [4.69, 9.17) is 14.3 Å². The number of aromatic carboxylic acids is 1. The summed E-state index contributed by atoms with van der Waals surface area (Å²) in [5.41, 5.74) is 3.17. The van der Waals surface area contributed by atoms with Crippen molar-refractivity contribution in [3.05, 3.63) is 59.5 Å². The van der Waals surface area contributed by atoms with Gasteiger partial charge in [0.25, 0.3) is 0 Å². The first-order valence-corrected chi connectivity index (χ1v) is 10.9. The van der Waals surface area contributed by atoms with Gasteiger partial charge >= 0.3 is 5.97 Å². The van der Waals surface area contributed by atoms with Crippen LogP contribution in [0.1, 0.15) is 60.3 Å². The van der Waals surface area contributed by atoms with Crippen LogP contribution < -0.4 is 4.74 Å². The summed E-state index contributed by atoms with van der Waals surface area (Å²) in [6.45, 7) is 0.216. The first-order chi connectivity index (χ1) is 14.6. The van der Waals surface area contributed by atoms with E-state index in [2.05, 4.69) is 29.2 Å². The van der Waals surface area contributed by atoms with Crippen LogP contribution in [0.3, 0.4) is 0 Å². The standard InChI is InChI=1S/C25H25NO4/c27-24(28)18-1-6-21-22(10-18)30-23(26-21)14-29-20-4-2-19(3-5-20)25-11-15-7-16(12-25)9-17(8-15)13-25/h1-6,10,15-17H,7-9,11-14H2,(H,27,28). The summed E-state index contributed by atoms with van der Waals surface area (Å²) in [5.74, 6) is 3.08. The number of oxazole rings is 1. The summed E-state index contributed by atoms with van der Waals surface area (Å²) in [5, 5.41) is 9.10. The fraction of sp³-hybridized carbons (Fsp3) is 0.440. The van der Waals surface area contributed by atoms with E-state index >= 15 is 0 Å². The van der Waals surface area contributed by atoms with Crippen LogP contribution in [-0.2, 0) is 12.0 Å². The summed E-state index contributed by atoms with van der Waals surface area (Å²) in [6.07, 6.45) is 8.46. The molecule has 1 N–H and O–H groups in total. The molecule has 0 unspecified atom stereocenters. The average molecular weight is 403 g/mol. The van der Waals surface area contributed by atoms with Crippen molar-refractivity contribution in [2.45, 2.75) is 50.5 Å². The molecule has 2 aromatic carbocycles. The molecule has 7 rings (SSSR count). The minimum atomic E-state index is -0.981.